The van der Waals surface area contributed by atoms with E-state index in [2.05, 4.69) is 5.32 Å². The third-order valence-corrected chi connectivity index (χ3v) is 5.56. The Kier molecular flexibility index (Phi) is 5.99. The molecule has 2 heterocycles. The molecule has 0 saturated carbocycles. The predicted molar refractivity (Wildman–Crippen MR) is 103 cm³/mol. The molecule has 2 aromatic rings. The number of aliphatic hydroxyl groups excluding tert-OH is 2. The van der Waals surface area contributed by atoms with E-state index < -0.39 is 12.2 Å². The van der Waals surface area contributed by atoms with Gasteiger partial charge in [-0.2, -0.15) is 0 Å². The summed E-state index contributed by atoms with van der Waals surface area (Å²) < 4.78 is 38.2. The molecule has 0 fully saturated rings. The zero-order valence-electron chi connectivity index (χ0n) is 16.0. The van der Waals surface area contributed by atoms with Crippen molar-refractivity contribution in [1.82, 2.24) is 5.32 Å². The van der Waals surface area contributed by atoms with E-state index >= 15 is 0 Å². The summed E-state index contributed by atoms with van der Waals surface area (Å²) in [6.07, 6.45) is 0.214. The van der Waals surface area contributed by atoms with Gasteiger partial charge in [0.1, 0.15) is 47.5 Å². The lowest BCUT2D eigenvalue weighted by atomic mass is 9.98. The molecule has 3 N–H and O–H groups in total. The quantitative estimate of drug-likeness (QED) is 0.688. The zero-order chi connectivity index (χ0) is 20.4. The normalized spacial score (nSPS) is 22.6. The highest BCUT2D eigenvalue weighted by molar-refractivity contribution is 5.36. The van der Waals surface area contributed by atoms with Crippen LogP contribution < -0.4 is 14.8 Å². The fourth-order valence-electron chi connectivity index (χ4n) is 3.94. The van der Waals surface area contributed by atoms with Crippen LogP contribution in [0.5, 0.6) is 11.5 Å². The molecule has 0 aliphatic carbocycles. The number of ether oxygens (including phenoxy) is 2. The minimum Gasteiger partial charge on any atom is -0.487 e. The van der Waals surface area contributed by atoms with E-state index in [0.29, 0.717) is 37.2 Å². The van der Waals surface area contributed by atoms with Crippen molar-refractivity contribution in [3.63, 3.8) is 0 Å². The molecule has 2 aliphatic rings. The fraction of sp³-hybridized carbons (Fsp3) is 0.455. The minimum absolute atomic E-state index is 0.257. The van der Waals surface area contributed by atoms with Gasteiger partial charge < -0.3 is 25.0 Å². The number of nitrogens with one attached hydrogen (secondary N) is 1. The van der Waals surface area contributed by atoms with Crippen LogP contribution in [0.3, 0.4) is 0 Å². The SMILES string of the molecule is O[C@H](CNC[C@H](O)[C@H]1CCc2cc(F)ccc2O1)C1CCc2cc(F)ccc2O1. The lowest BCUT2D eigenvalue weighted by Gasteiger charge is -2.31. The maximum Gasteiger partial charge on any atom is 0.126 e. The molecule has 2 aliphatic heterocycles. The van der Waals surface area contributed by atoms with Gasteiger partial charge in [0, 0.05) is 13.1 Å². The number of benzene rings is 2. The molecule has 0 aromatic heterocycles. The first kappa shape index (κ1) is 20.1. The third-order valence-electron chi connectivity index (χ3n) is 5.56. The van der Waals surface area contributed by atoms with E-state index in [9.17, 15) is 19.0 Å². The molecule has 2 aromatic carbocycles. The van der Waals surface area contributed by atoms with Crippen LogP contribution in [0, 0.1) is 11.6 Å². The Morgan fingerprint density at radius 2 is 1.28 bits per heavy atom. The van der Waals surface area contributed by atoms with E-state index in [1.807, 2.05) is 0 Å². The van der Waals surface area contributed by atoms with E-state index in [-0.39, 0.29) is 36.9 Å². The number of rotatable bonds is 6. The van der Waals surface area contributed by atoms with E-state index in [0.717, 1.165) is 11.1 Å². The molecular weight excluding hydrogens is 380 g/mol. The van der Waals surface area contributed by atoms with Gasteiger partial charge in [-0.15, -0.1) is 0 Å². The number of hydrogen-bond acceptors (Lipinski definition) is 5. The van der Waals surface area contributed by atoms with Gasteiger partial charge in [0.15, 0.2) is 0 Å². The number of hydrogen-bond donors (Lipinski definition) is 3. The average Bonchev–Trinajstić information content (AvgIpc) is 2.72. The second-order valence-electron chi connectivity index (χ2n) is 7.69. The smallest absolute Gasteiger partial charge is 0.126 e. The van der Waals surface area contributed by atoms with Crippen molar-refractivity contribution >= 4 is 0 Å². The maximum atomic E-state index is 13.3. The van der Waals surface area contributed by atoms with Crippen LogP contribution in [0.25, 0.3) is 0 Å². The number of aryl methyl sites for hydroxylation is 2. The Bertz CT molecular complexity index is 793. The molecule has 4 rings (SSSR count). The van der Waals surface area contributed by atoms with Gasteiger partial charge in [-0.3, -0.25) is 0 Å². The van der Waals surface area contributed by atoms with E-state index in [4.69, 9.17) is 9.47 Å². The summed E-state index contributed by atoms with van der Waals surface area (Å²) >= 11 is 0. The first-order valence-corrected chi connectivity index (χ1v) is 9.96. The van der Waals surface area contributed by atoms with Crippen LogP contribution in [0.4, 0.5) is 8.78 Å². The first-order chi connectivity index (χ1) is 14.0. The molecule has 7 heteroatoms. The lowest BCUT2D eigenvalue weighted by molar-refractivity contribution is 0.00892. The monoisotopic (exact) mass is 405 g/mol. The molecule has 0 saturated heterocycles. The van der Waals surface area contributed by atoms with Crippen LogP contribution in [-0.4, -0.2) is 47.7 Å². The van der Waals surface area contributed by atoms with Crippen molar-refractivity contribution in [2.75, 3.05) is 13.1 Å². The highest BCUT2D eigenvalue weighted by Gasteiger charge is 2.29. The molecule has 0 spiro atoms. The summed E-state index contributed by atoms with van der Waals surface area (Å²) in [4.78, 5) is 0. The molecule has 0 bridgehead atoms. The van der Waals surface area contributed by atoms with Crippen molar-refractivity contribution in [1.29, 1.82) is 0 Å². The molecule has 0 radical (unpaired) electrons. The summed E-state index contributed by atoms with van der Waals surface area (Å²) in [6.45, 7) is 0.513. The second-order valence-corrected chi connectivity index (χ2v) is 7.69. The molecule has 156 valence electrons. The van der Waals surface area contributed by atoms with E-state index in [1.165, 1.54) is 24.3 Å². The summed E-state index contributed by atoms with van der Waals surface area (Å²) in [6, 6.07) is 8.79. The number of halogens is 2. The predicted octanol–water partition coefficient (Wildman–Crippen LogP) is 2.36. The Labute approximate surface area is 168 Å². The third kappa shape index (κ3) is 4.69. The highest BCUT2D eigenvalue weighted by Crippen LogP contribution is 2.30. The van der Waals surface area contributed by atoms with Crippen LogP contribution in [-0.2, 0) is 12.8 Å². The minimum atomic E-state index is -0.753. The van der Waals surface area contributed by atoms with Crippen LogP contribution in [0.2, 0.25) is 0 Å². The molecule has 1 unspecified atom stereocenters. The van der Waals surface area contributed by atoms with Gasteiger partial charge in [-0.1, -0.05) is 0 Å². The van der Waals surface area contributed by atoms with Crippen molar-refractivity contribution in [2.24, 2.45) is 0 Å². The van der Waals surface area contributed by atoms with Crippen LogP contribution in [0.1, 0.15) is 24.0 Å². The molecule has 0 amide bonds. The van der Waals surface area contributed by atoms with Gasteiger partial charge in [0.05, 0.1) is 0 Å². The number of aliphatic hydroxyl groups is 2. The van der Waals surface area contributed by atoms with Crippen LogP contribution in [0.15, 0.2) is 36.4 Å². The summed E-state index contributed by atoms with van der Waals surface area (Å²) in [5.74, 6) is 0.624. The Morgan fingerprint density at radius 1 is 0.828 bits per heavy atom. The van der Waals surface area contributed by atoms with Crippen molar-refractivity contribution < 1.29 is 28.5 Å². The highest BCUT2D eigenvalue weighted by atomic mass is 19.1. The molecular formula is C22H25F2NO4. The lowest BCUT2D eigenvalue weighted by Crippen LogP contribution is -2.46. The fourth-order valence-corrected chi connectivity index (χ4v) is 3.94. The Balaban J connectivity index is 1.24. The summed E-state index contributed by atoms with van der Waals surface area (Å²) in [7, 11) is 0. The molecule has 5 nitrogen and oxygen atoms in total. The van der Waals surface area contributed by atoms with Crippen molar-refractivity contribution in [3.8, 4) is 11.5 Å². The van der Waals surface area contributed by atoms with Gasteiger partial charge in [-0.05, 0) is 73.2 Å². The average molecular weight is 405 g/mol. The van der Waals surface area contributed by atoms with Gasteiger partial charge in [0.2, 0.25) is 0 Å². The second kappa shape index (κ2) is 8.65. The van der Waals surface area contributed by atoms with Gasteiger partial charge in [-0.25, -0.2) is 8.78 Å². The summed E-state index contributed by atoms with van der Waals surface area (Å²) in [5.41, 5.74) is 1.62. The Morgan fingerprint density at radius 3 is 1.72 bits per heavy atom. The number of fused-ring (bicyclic) bond motifs is 2. The molecule has 4 atom stereocenters. The largest absolute Gasteiger partial charge is 0.487 e. The van der Waals surface area contributed by atoms with Crippen molar-refractivity contribution in [3.05, 3.63) is 59.2 Å². The summed E-state index contributed by atoms with van der Waals surface area (Å²) in [5, 5.41) is 23.9. The topological polar surface area (TPSA) is 71.0 Å². The standard InChI is InChI=1S/C22H25F2NO4/c23-15-3-7-19-13(9-15)1-5-21(28-19)17(26)11-25-12-18(27)22-6-2-14-10-16(24)4-8-20(14)29-22/h3-4,7-10,17-18,21-22,25-27H,1-2,5-6,11-12H2/t17-,18+,21+,22?/m0/s1. The zero-order valence-corrected chi connectivity index (χ0v) is 16.0. The Hall–Kier alpha value is -2.22. The molecule has 29 heavy (non-hydrogen) atoms. The van der Waals surface area contributed by atoms with Crippen LogP contribution >= 0.6 is 0 Å². The maximum absolute atomic E-state index is 13.3. The first-order valence-electron chi connectivity index (χ1n) is 9.96. The van der Waals surface area contributed by atoms with E-state index in [1.54, 1.807) is 12.1 Å². The van der Waals surface area contributed by atoms with Gasteiger partial charge >= 0.3 is 0 Å². The van der Waals surface area contributed by atoms with Gasteiger partial charge in [0.25, 0.3) is 0 Å². The van der Waals surface area contributed by atoms with Crippen molar-refractivity contribution in [2.45, 2.75) is 50.1 Å².